The van der Waals surface area contributed by atoms with E-state index in [4.69, 9.17) is 4.74 Å². The van der Waals surface area contributed by atoms with Gasteiger partial charge >= 0.3 is 12.1 Å². The topological polar surface area (TPSA) is 106 Å². The van der Waals surface area contributed by atoms with E-state index in [-0.39, 0.29) is 23.6 Å². The van der Waals surface area contributed by atoms with E-state index in [0.717, 1.165) is 0 Å². The van der Waals surface area contributed by atoms with Gasteiger partial charge in [-0.25, -0.2) is 9.48 Å². The molecule has 0 aliphatic rings. The quantitative estimate of drug-likeness (QED) is 0.517. The summed E-state index contributed by atoms with van der Waals surface area (Å²) in [6.07, 6.45) is -3.12. The third-order valence-electron chi connectivity index (χ3n) is 4.21. The Bertz CT molecular complexity index is 1150. The van der Waals surface area contributed by atoms with Crippen molar-refractivity contribution in [3.8, 4) is 11.8 Å². The highest BCUT2D eigenvalue weighted by atomic mass is 19.4. The number of nitriles is 1. The normalized spacial score (nSPS) is 11.0. The molecule has 0 fully saturated rings. The molecular formula is C22H17F3N4O4. The van der Waals surface area contributed by atoms with Gasteiger partial charge in [0.1, 0.15) is 18.2 Å². The highest BCUT2D eigenvalue weighted by molar-refractivity contribution is 5.95. The van der Waals surface area contributed by atoms with Gasteiger partial charge in [0.15, 0.2) is 12.4 Å². The molecule has 0 saturated heterocycles. The summed E-state index contributed by atoms with van der Waals surface area (Å²) >= 11 is 0. The minimum Gasteiger partial charge on any atom is -0.452 e. The molecule has 0 aliphatic carbocycles. The van der Waals surface area contributed by atoms with Crippen LogP contribution < -0.4 is 5.32 Å². The van der Waals surface area contributed by atoms with Crippen LogP contribution in [0.1, 0.15) is 21.5 Å². The number of alkyl halides is 3. The molecule has 1 aromatic heterocycles. The van der Waals surface area contributed by atoms with Crippen LogP contribution in [0.4, 0.5) is 19.0 Å². The Morgan fingerprint density at radius 1 is 1.09 bits per heavy atom. The molecule has 0 unspecified atom stereocenters. The van der Waals surface area contributed by atoms with Gasteiger partial charge in [-0.15, -0.1) is 0 Å². The number of hydrogen-bond donors (Lipinski definition) is 1. The van der Waals surface area contributed by atoms with E-state index < -0.39 is 31.3 Å². The van der Waals surface area contributed by atoms with Crippen LogP contribution in [0.15, 0.2) is 60.8 Å². The molecule has 0 saturated carbocycles. The zero-order valence-electron chi connectivity index (χ0n) is 17.0. The predicted octanol–water partition coefficient (Wildman–Crippen LogP) is 3.62. The number of nitrogens with zero attached hydrogens (tertiary/aromatic N) is 3. The maximum atomic E-state index is 12.3. The largest absolute Gasteiger partial charge is 0.452 e. The number of carbonyl (C=O) groups is 2. The van der Waals surface area contributed by atoms with Crippen LogP contribution in [0.5, 0.6) is 0 Å². The summed E-state index contributed by atoms with van der Waals surface area (Å²) in [5.74, 6) is -1.35. The van der Waals surface area contributed by atoms with Crippen molar-refractivity contribution in [3.05, 3.63) is 77.5 Å². The number of benzene rings is 2. The molecule has 0 bridgehead atoms. The molecule has 0 atom stereocenters. The number of halogens is 3. The fourth-order valence-electron chi connectivity index (χ4n) is 2.72. The number of para-hydroxylation sites is 1. The number of hydrogen-bond acceptors (Lipinski definition) is 6. The molecule has 1 N–H and O–H groups in total. The Balaban J connectivity index is 1.56. The van der Waals surface area contributed by atoms with Gasteiger partial charge in [-0.3, -0.25) is 4.79 Å². The van der Waals surface area contributed by atoms with E-state index in [2.05, 4.69) is 15.2 Å². The third kappa shape index (κ3) is 6.65. The van der Waals surface area contributed by atoms with E-state index >= 15 is 0 Å². The van der Waals surface area contributed by atoms with Crippen LogP contribution in [0, 0.1) is 11.3 Å². The Morgan fingerprint density at radius 3 is 2.42 bits per heavy atom. The smallest absolute Gasteiger partial charge is 0.411 e. The van der Waals surface area contributed by atoms with E-state index in [9.17, 15) is 28.0 Å². The van der Waals surface area contributed by atoms with Crippen molar-refractivity contribution < 1.29 is 32.2 Å². The van der Waals surface area contributed by atoms with Gasteiger partial charge in [0.25, 0.3) is 5.91 Å². The molecule has 11 heteroatoms. The van der Waals surface area contributed by atoms with Crippen molar-refractivity contribution in [2.24, 2.45) is 0 Å². The zero-order valence-corrected chi connectivity index (χ0v) is 17.0. The van der Waals surface area contributed by atoms with Crippen LogP contribution in [-0.4, -0.2) is 41.0 Å². The second-order valence-corrected chi connectivity index (χ2v) is 6.70. The zero-order chi connectivity index (χ0) is 23.8. The van der Waals surface area contributed by atoms with Crippen LogP contribution in [0.2, 0.25) is 0 Å². The summed E-state index contributed by atoms with van der Waals surface area (Å²) in [7, 11) is 0. The van der Waals surface area contributed by atoms with E-state index in [1.165, 1.54) is 35.1 Å². The summed E-state index contributed by atoms with van der Waals surface area (Å²) in [6, 6.07) is 16.3. The highest BCUT2D eigenvalue weighted by Gasteiger charge is 2.27. The lowest BCUT2D eigenvalue weighted by Crippen LogP contribution is -2.23. The Kier molecular flexibility index (Phi) is 7.42. The molecule has 3 aromatic rings. The fraction of sp³-hybridized carbons (Fsp3) is 0.182. The van der Waals surface area contributed by atoms with E-state index in [1.807, 2.05) is 6.07 Å². The lowest BCUT2D eigenvalue weighted by Gasteiger charge is -2.10. The van der Waals surface area contributed by atoms with Crippen molar-refractivity contribution in [2.75, 3.05) is 18.5 Å². The van der Waals surface area contributed by atoms with Gasteiger partial charge in [0.2, 0.25) is 0 Å². The number of carbonyl (C=O) groups excluding carboxylic acids is 2. The molecule has 8 nitrogen and oxygen atoms in total. The number of rotatable bonds is 8. The summed E-state index contributed by atoms with van der Waals surface area (Å²) in [6.45, 7) is -2.27. The molecule has 2 aromatic carbocycles. The number of nitrogens with one attached hydrogen (secondary N) is 1. The molecule has 3 rings (SSSR count). The van der Waals surface area contributed by atoms with Crippen molar-refractivity contribution in [1.29, 1.82) is 5.26 Å². The second kappa shape index (κ2) is 10.4. The minimum atomic E-state index is -4.42. The molecule has 0 spiro atoms. The van der Waals surface area contributed by atoms with Crippen LogP contribution in [0.25, 0.3) is 5.69 Å². The minimum absolute atomic E-state index is 0.106. The average molecular weight is 458 g/mol. The van der Waals surface area contributed by atoms with Gasteiger partial charge in [0.05, 0.1) is 24.1 Å². The highest BCUT2D eigenvalue weighted by Crippen LogP contribution is 2.19. The van der Waals surface area contributed by atoms with Crippen LogP contribution in [0.3, 0.4) is 0 Å². The van der Waals surface area contributed by atoms with Gasteiger partial charge in [-0.2, -0.15) is 23.5 Å². The lowest BCUT2D eigenvalue weighted by atomic mass is 10.1. The molecule has 1 heterocycles. The van der Waals surface area contributed by atoms with Crippen molar-refractivity contribution in [1.82, 2.24) is 9.78 Å². The molecule has 0 radical (unpaired) electrons. The molecule has 0 aliphatic heterocycles. The number of aromatic nitrogens is 2. The third-order valence-corrected chi connectivity index (χ3v) is 4.21. The van der Waals surface area contributed by atoms with Gasteiger partial charge in [-0.1, -0.05) is 30.3 Å². The van der Waals surface area contributed by atoms with Crippen molar-refractivity contribution >= 4 is 17.7 Å². The average Bonchev–Trinajstić information content (AvgIpc) is 3.20. The standard InChI is InChI=1S/C22H17F3N4O4/c23-22(24,25)14-32-12-15-6-8-16(9-7-15)21(31)33-13-19(30)28-20-17(10-26)11-27-29(20)18-4-2-1-3-5-18/h1-9,11H,12-14H2,(H,28,30). The summed E-state index contributed by atoms with van der Waals surface area (Å²) in [5.41, 5.74) is 1.29. The number of anilines is 1. The van der Waals surface area contributed by atoms with Crippen molar-refractivity contribution in [3.63, 3.8) is 0 Å². The van der Waals surface area contributed by atoms with Crippen molar-refractivity contribution in [2.45, 2.75) is 12.8 Å². The number of amides is 1. The van der Waals surface area contributed by atoms with Gasteiger partial charge in [0, 0.05) is 0 Å². The summed E-state index contributed by atoms with van der Waals surface area (Å²) in [5, 5.41) is 15.9. The number of esters is 1. The maximum Gasteiger partial charge on any atom is 0.411 e. The first-order chi connectivity index (χ1) is 15.8. The van der Waals surface area contributed by atoms with E-state index in [0.29, 0.717) is 11.3 Å². The Hall–Kier alpha value is -4.17. The van der Waals surface area contributed by atoms with E-state index in [1.54, 1.807) is 30.3 Å². The lowest BCUT2D eigenvalue weighted by molar-refractivity contribution is -0.176. The number of ether oxygens (including phenoxy) is 2. The summed E-state index contributed by atoms with van der Waals surface area (Å²) < 4.78 is 47.2. The molecular weight excluding hydrogens is 441 g/mol. The Labute approximate surface area is 186 Å². The monoisotopic (exact) mass is 458 g/mol. The fourth-order valence-corrected chi connectivity index (χ4v) is 2.72. The van der Waals surface area contributed by atoms with Gasteiger partial charge in [-0.05, 0) is 29.8 Å². The first-order valence-corrected chi connectivity index (χ1v) is 9.51. The summed E-state index contributed by atoms with van der Waals surface area (Å²) in [4.78, 5) is 24.5. The first kappa shape index (κ1) is 23.5. The Morgan fingerprint density at radius 2 is 1.79 bits per heavy atom. The molecule has 170 valence electrons. The van der Waals surface area contributed by atoms with Crippen LogP contribution >= 0.6 is 0 Å². The second-order valence-electron chi connectivity index (χ2n) is 6.70. The SMILES string of the molecule is N#Cc1cnn(-c2ccccc2)c1NC(=O)COC(=O)c1ccc(COCC(F)(F)F)cc1. The molecule has 1 amide bonds. The molecule has 33 heavy (non-hydrogen) atoms. The van der Waals surface area contributed by atoms with Crippen LogP contribution in [-0.2, 0) is 20.9 Å². The van der Waals surface area contributed by atoms with Gasteiger partial charge < -0.3 is 14.8 Å². The predicted molar refractivity (Wildman–Crippen MR) is 109 cm³/mol. The maximum absolute atomic E-state index is 12.3. The first-order valence-electron chi connectivity index (χ1n) is 9.51.